The van der Waals surface area contributed by atoms with Crippen LogP contribution in [0.15, 0.2) is 170 Å². The van der Waals surface area contributed by atoms with Crippen molar-refractivity contribution in [1.29, 1.82) is 0 Å². The van der Waals surface area contributed by atoms with E-state index in [0.717, 1.165) is 39.4 Å². The third kappa shape index (κ3) is 8.36. The molecule has 0 fully saturated rings. The maximum atomic E-state index is 7.18. The van der Waals surface area contributed by atoms with Crippen LogP contribution in [0.2, 0.25) is 0 Å². The van der Waals surface area contributed by atoms with Crippen LogP contribution in [0.3, 0.4) is 0 Å². The van der Waals surface area contributed by atoms with Crippen molar-refractivity contribution in [3.8, 4) is 17.3 Å². The summed E-state index contributed by atoms with van der Waals surface area (Å²) in [7, 11) is 0. The highest BCUT2D eigenvalue weighted by Gasteiger charge is 2.33. The van der Waals surface area contributed by atoms with E-state index in [0.29, 0.717) is 6.67 Å². The molecule has 7 aromatic carbocycles. The minimum Gasteiger partial charge on any atom is -0.457 e. The Morgan fingerprint density at radius 3 is 1.64 bits per heavy atom. The largest absolute Gasteiger partial charge is 0.457 e. The zero-order valence-electron chi connectivity index (χ0n) is 42.6. The van der Waals surface area contributed by atoms with E-state index >= 15 is 0 Å². The summed E-state index contributed by atoms with van der Waals surface area (Å²) in [5.41, 5.74) is 16.3. The lowest BCUT2D eigenvalue weighted by Crippen LogP contribution is -2.25. The molecule has 348 valence electrons. The molecule has 0 unspecified atom stereocenters. The van der Waals surface area contributed by atoms with Crippen molar-refractivity contribution in [1.82, 2.24) is 9.55 Å². The SMILES string of the molecule is Cc1cc2c(cc1C)N(c1cc(Oc3ccc4c5cc(C(C)(C)c6ccccc6)ccc5n(-c5cc(C(C)(C)C)ccn5)c4c3)cc(C(C)(C)c3ccccc3)c1)CN2c1cccc(C(C)(C)C)c1. The molecular weight excluding hydrogens is 841 g/mol. The zero-order chi connectivity index (χ0) is 48.6. The Kier molecular flexibility index (Phi) is 11.1. The number of anilines is 4. The van der Waals surface area contributed by atoms with Gasteiger partial charge in [-0.3, -0.25) is 4.57 Å². The number of hydrogen-bond acceptors (Lipinski definition) is 4. The number of nitrogens with zero attached hydrogens (tertiary/aromatic N) is 4. The number of aromatic nitrogens is 2. The van der Waals surface area contributed by atoms with Gasteiger partial charge in [0, 0.05) is 51.3 Å². The summed E-state index contributed by atoms with van der Waals surface area (Å²) < 4.78 is 9.50. The molecular formula is C64H66N4O. The Balaban J connectivity index is 1.13. The lowest BCUT2D eigenvalue weighted by Gasteiger charge is -2.29. The fourth-order valence-electron chi connectivity index (χ4n) is 10.1. The van der Waals surface area contributed by atoms with Crippen molar-refractivity contribution in [2.24, 2.45) is 0 Å². The molecule has 0 saturated heterocycles. The molecule has 0 atom stereocenters. The number of benzene rings is 7. The van der Waals surface area contributed by atoms with Gasteiger partial charge in [0.15, 0.2) is 0 Å². The summed E-state index contributed by atoms with van der Waals surface area (Å²) in [5.74, 6) is 2.43. The Hall–Kier alpha value is -7.11. The van der Waals surface area contributed by atoms with Gasteiger partial charge in [0.2, 0.25) is 0 Å². The average molecular weight is 907 g/mol. The maximum Gasteiger partial charge on any atom is 0.137 e. The number of aryl methyl sites for hydroxylation is 2. The van der Waals surface area contributed by atoms with E-state index in [2.05, 4.69) is 261 Å². The molecule has 0 saturated carbocycles. The molecule has 5 heteroatoms. The number of hydrogen-bond donors (Lipinski definition) is 0. The number of pyridine rings is 1. The van der Waals surface area contributed by atoms with E-state index in [9.17, 15) is 0 Å². The van der Waals surface area contributed by atoms with Crippen LogP contribution in [-0.4, -0.2) is 16.2 Å². The molecule has 3 heterocycles. The van der Waals surface area contributed by atoms with Crippen molar-refractivity contribution in [2.75, 3.05) is 16.5 Å². The van der Waals surface area contributed by atoms with Crippen LogP contribution in [0, 0.1) is 13.8 Å². The second-order valence-electron chi connectivity index (χ2n) is 22.4. The van der Waals surface area contributed by atoms with E-state index in [-0.39, 0.29) is 21.7 Å². The molecule has 1 aliphatic rings. The van der Waals surface area contributed by atoms with Gasteiger partial charge >= 0.3 is 0 Å². The molecule has 0 aliphatic carbocycles. The van der Waals surface area contributed by atoms with Gasteiger partial charge in [0.1, 0.15) is 24.0 Å². The molecule has 0 radical (unpaired) electrons. The number of fused-ring (bicyclic) bond motifs is 4. The average Bonchev–Trinajstić information content (AvgIpc) is 3.86. The predicted octanol–water partition coefficient (Wildman–Crippen LogP) is 17.1. The molecule has 69 heavy (non-hydrogen) atoms. The summed E-state index contributed by atoms with van der Waals surface area (Å²) in [6.07, 6.45) is 1.95. The van der Waals surface area contributed by atoms with Crippen molar-refractivity contribution >= 4 is 44.6 Å². The smallest absolute Gasteiger partial charge is 0.137 e. The first kappa shape index (κ1) is 45.7. The highest BCUT2D eigenvalue weighted by Crippen LogP contribution is 2.49. The lowest BCUT2D eigenvalue weighted by atomic mass is 9.78. The minimum atomic E-state index is -0.326. The third-order valence-corrected chi connectivity index (χ3v) is 14.9. The first-order chi connectivity index (χ1) is 32.8. The van der Waals surface area contributed by atoms with Crippen molar-refractivity contribution in [3.05, 3.63) is 214 Å². The van der Waals surface area contributed by atoms with Gasteiger partial charge in [-0.1, -0.05) is 148 Å². The van der Waals surface area contributed by atoms with Gasteiger partial charge in [0.25, 0.3) is 0 Å². The molecule has 10 rings (SSSR count). The van der Waals surface area contributed by atoms with E-state index in [1.165, 1.54) is 67.0 Å². The predicted molar refractivity (Wildman–Crippen MR) is 291 cm³/mol. The van der Waals surface area contributed by atoms with Crippen LogP contribution in [0.1, 0.15) is 114 Å². The highest BCUT2D eigenvalue weighted by molar-refractivity contribution is 6.10. The molecule has 5 nitrogen and oxygen atoms in total. The number of ether oxygens (including phenoxy) is 1. The van der Waals surface area contributed by atoms with Crippen LogP contribution < -0.4 is 14.5 Å². The van der Waals surface area contributed by atoms with E-state index in [1.807, 2.05) is 6.20 Å². The first-order valence-electron chi connectivity index (χ1n) is 24.5. The van der Waals surface area contributed by atoms with Gasteiger partial charge in [0.05, 0.1) is 22.4 Å². The Bertz CT molecular complexity index is 3380. The van der Waals surface area contributed by atoms with Crippen LogP contribution >= 0.6 is 0 Å². The van der Waals surface area contributed by atoms with Gasteiger partial charge < -0.3 is 14.5 Å². The van der Waals surface area contributed by atoms with E-state index < -0.39 is 0 Å². The number of rotatable bonds is 9. The lowest BCUT2D eigenvalue weighted by molar-refractivity contribution is 0.480. The van der Waals surface area contributed by atoms with Crippen molar-refractivity contribution < 1.29 is 4.74 Å². The third-order valence-electron chi connectivity index (χ3n) is 14.9. The Morgan fingerprint density at radius 2 is 1.00 bits per heavy atom. The summed E-state index contributed by atoms with van der Waals surface area (Å²) in [5, 5.41) is 2.34. The fraction of sp³-hybridized carbons (Fsp3) is 0.266. The van der Waals surface area contributed by atoms with Crippen LogP contribution in [0.4, 0.5) is 22.7 Å². The zero-order valence-corrected chi connectivity index (χ0v) is 42.6. The summed E-state index contributed by atoms with van der Waals surface area (Å²) in [6.45, 7) is 28.0. The molecule has 0 bridgehead atoms. The van der Waals surface area contributed by atoms with Crippen molar-refractivity contribution in [2.45, 2.75) is 105 Å². The van der Waals surface area contributed by atoms with Gasteiger partial charge in [-0.05, 0) is 142 Å². The monoisotopic (exact) mass is 907 g/mol. The summed E-state index contributed by atoms with van der Waals surface area (Å²) in [4.78, 5) is 9.97. The molecule has 2 aromatic heterocycles. The van der Waals surface area contributed by atoms with Gasteiger partial charge in [-0.2, -0.15) is 0 Å². The van der Waals surface area contributed by atoms with E-state index in [4.69, 9.17) is 9.72 Å². The standard InChI is InChI=1S/C64H66N4O/c1-42-32-58-59(33-43(42)2)67(41-66(58)50-25-19-24-46(34-50)61(3,4)5)51-35-49(64(11,12)45-22-17-14-18-23-45)36-53(39-51)69-52-27-28-54-55-37-48(63(9,10)44-20-15-13-16-21-44)26-29-56(55)68(57(54)40-52)60-38-47(30-31-65-60)62(6,7)8/h13-40H,41H2,1-12H3. The molecule has 1 aliphatic heterocycles. The Morgan fingerprint density at radius 1 is 0.420 bits per heavy atom. The van der Waals surface area contributed by atoms with Gasteiger partial charge in [-0.25, -0.2) is 4.98 Å². The normalized spacial score (nSPS) is 13.4. The quantitative estimate of drug-likeness (QED) is 0.144. The van der Waals surface area contributed by atoms with Crippen LogP contribution in [0.5, 0.6) is 11.5 Å². The maximum absolute atomic E-state index is 7.18. The molecule has 0 spiro atoms. The first-order valence-corrected chi connectivity index (χ1v) is 24.5. The van der Waals surface area contributed by atoms with Gasteiger partial charge in [-0.15, -0.1) is 0 Å². The van der Waals surface area contributed by atoms with Crippen molar-refractivity contribution in [3.63, 3.8) is 0 Å². The van der Waals surface area contributed by atoms with Crippen LogP contribution in [0.25, 0.3) is 27.6 Å². The fourth-order valence-corrected chi connectivity index (χ4v) is 10.1. The molecule has 0 N–H and O–H groups in total. The molecule has 0 amide bonds. The molecule has 9 aromatic rings. The summed E-state index contributed by atoms with van der Waals surface area (Å²) >= 11 is 0. The minimum absolute atomic E-state index is 0.0254. The van der Waals surface area contributed by atoms with E-state index in [1.54, 1.807) is 0 Å². The Labute approximate surface area is 410 Å². The summed E-state index contributed by atoms with van der Waals surface area (Å²) in [6, 6.07) is 60.2. The van der Waals surface area contributed by atoms with Crippen LogP contribution in [-0.2, 0) is 21.7 Å². The highest BCUT2D eigenvalue weighted by atomic mass is 16.5. The second kappa shape index (κ2) is 16.8. The second-order valence-corrected chi connectivity index (χ2v) is 22.4. The topological polar surface area (TPSA) is 33.5 Å².